The van der Waals surface area contributed by atoms with Gasteiger partial charge in [0.25, 0.3) is 0 Å². The Hall–Kier alpha value is -1.05. The summed E-state index contributed by atoms with van der Waals surface area (Å²) in [6.45, 7) is 4.87. The number of hydrogen-bond acceptors (Lipinski definition) is 0. The van der Waals surface area contributed by atoms with E-state index >= 15 is 0 Å². The van der Waals surface area contributed by atoms with Crippen molar-refractivity contribution in [2.24, 2.45) is 0 Å². The largest absolute Gasteiger partial charge is 1.00 e. The normalized spacial score (nSPS) is 15.4. The van der Waals surface area contributed by atoms with E-state index in [2.05, 4.69) is 79.9 Å². The summed E-state index contributed by atoms with van der Waals surface area (Å²) in [7, 11) is -0.587. The zero-order chi connectivity index (χ0) is 18.5. The van der Waals surface area contributed by atoms with Gasteiger partial charge >= 0.3 is 178 Å². The van der Waals surface area contributed by atoms with Crippen LogP contribution < -0.4 is 30.0 Å². The summed E-state index contributed by atoms with van der Waals surface area (Å²) in [4.78, 5) is 1.59. The molecule has 0 amide bonds. The molecule has 0 fully saturated rings. The van der Waals surface area contributed by atoms with Crippen molar-refractivity contribution >= 4 is 22.8 Å². The summed E-state index contributed by atoms with van der Waals surface area (Å²) in [5, 5.41) is 1.51. The zero-order valence-electron chi connectivity index (χ0n) is 16.5. The molecular formula is C25H21Cl2SiZr. The molecule has 0 N–H and O–H groups in total. The summed E-state index contributed by atoms with van der Waals surface area (Å²) in [5.41, 5.74) is 10.4. The number of halogens is 2. The second kappa shape index (κ2) is 8.98. The van der Waals surface area contributed by atoms with Crippen LogP contribution in [0.2, 0.25) is 13.1 Å². The van der Waals surface area contributed by atoms with Crippen LogP contribution in [0.25, 0.3) is 25.6 Å². The fraction of sp³-hybridized carbons (Fsp3) is 0.160. The Morgan fingerprint density at radius 2 is 1.38 bits per heavy atom. The van der Waals surface area contributed by atoms with Crippen LogP contribution in [0.4, 0.5) is 0 Å². The molecular weight excluding hydrogens is 490 g/mol. The third-order valence-electron chi connectivity index (χ3n) is 5.79. The topological polar surface area (TPSA) is 0 Å². The number of fused-ring (bicyclic) bond motifs is 3. The van der Waals surface area contributed by atoms with E-state index < -0.39 is 8.41 Å². The monoisotopic (exact) mass is 509 g/mol. The Labute approximate surface area is 201 Å². The van der Waals surface area contributed by atoms with E-state index in [1.165, 1.54) is 66.6 Å². The molecule has 3 aliphatic rings. The third kappa shape index (κ3) is 3.63. The molecule has 0 spiro atoms. The molecule has 0 saturated heterocycles. The Kier molecular flexibility index (Phi) is 7.01. The predicted molar refractivity (Wildman–Crippen MR) is 114 cm³/mol. The van der Waals surface area contributed by atoms with Crippen LogP contribution in [0, 0.1) is 4.81 Å². The van der Waals surface area contributed by atoms with Crippen molar-refractivity contribution in [1.82, 2.24) is 0 Å². The van der Waals surface area contributed by atoms with Gasteiger partial charge in [0, 0.05) is 0 Å². The Balaban J connectivity index is 0.00000120. The summed E-state index contributed by atoms with van der Waals surface area (Å²) < 4.78 is 1.52. The minimum absolute atomic E-state index is 0. The second-order valence-corrected chi connectivity index (χ2v) is 11.4. The summed E-state index contributed by atoms with van der Waals surface area (Å²) in [5.74, 6) is 0. The van der Waals surface area contributed by atoms with Gasteiger partial charge in [-0.2, -0.15) is 0 Å². The Morgan fingerprint density at radius 1 is 0.793 bits per heavy atom. The molecule has 2 aromatic carbocycles. The van der Waals surface area contributed by atoms with Crippen molar-refractivity contribution in [3.63, 3.8) is 0 Å². The van der Waals surface area contributed by atoms with Gasteiger partial charge in [-0.25, -0.2) is 0 Å². The van der Waals surface area contributed by atoms with E-state index in [-0.39, 0.29) is 24.8 Å². The third-order valence-corrected chi connectivity index (χ3v) is 8.54. The van der Waals surface area contributed by atoms with Crippen LogP contribution in [0.5, 0.6) is 0 Å². The zero-order valence-corrected chi connectivity index (χ0v) is 21.5. The molecule has 0 saturated carbocycles. The average Bonchev–Trinajstić information content (AvgIpc) is 3.42. The van der Waals surface area contributed by atoms with Gasteiger partial charge in [0.2, 0.25) is 0 Å². The molecule has 4 heteroatoms. The van der Waals surface area contributed by atoms with Gasteiger partial charge in [-0.15, -0.1) is 0 Å². The number of rotatable bonds is 2. The summed E-state index contributed by atoms with van der Waals surface area (Å²) >= 11 is 1.51. The average molecular weight is 512 g/mol. The van der Waals surface area contributed by atoms with E-state index in [0.717, 1.165) is 12.8 Å². The molecule has 29 heavy (non-hydrogen) atoms. The molecule has 0 radical (unpaired) electrons. The smallest absolute Gasteiger partial charge is 1.00 e. The maximum absolute atomic E-state index is 2.54. The molecule has 0 aromatic heterocycles. The predicted octanol–water partition coefficient (Wildman–Crippen LogP) is -0.348. The van der Waals surface area contributed by atoms with Crippen LogP contribution in [-0.2, 0) is 24.7 Å². The first-order chi connectivity index (χ1) is 13.2. The van der Waals surface area contributed by atoms with Gasteiger partial charge in [-0.05, 0) is 0 Å². The van der Waals surface area contributed by atoms with Crippen LogP contribution in [0.3, 0.4) is 0 Å². The molecule has 0 unspecified atom stereocenters. The number of hydrogen-bond donors (Lipinski definition) is 0. The van der Waals surface area contributed by atoms with Gasteiger partial charge in [-0.3, -0.25) is 0 Å². The van der Waals surface area contributed by atoms with Crippen molar-refractivity contribution in [3.8, 4) is 11.1 Å². The Morgan fingerprint density at radius 3 is 1.93 bits per heavy atom. The molecule has 3 aliphatic carbocycles. The van der Waals surface area contributed by atoms with Crippen molar-refractivity contribution < 1.29 is 49.5 Å². The van der Waals surface area contributed by atoms with E-state index in [1.807, 2.05) is 0 Å². The molecule has 0 heterocycles. The van der Waals surface area contributed by atoms with Crippen molar-refractivity contribution in [2.75, 3.05) is 0 Å². The van der Waals surface area contributed by atoms with E-state index in [9.17, 15) is 0 Å². The number of allylic oxidation sites excluding steroid dienone is 8. The quantitative estimate of drug-likeness (QED) is 0.484. The van der Waals surface area contributed by atoms with Crippen LogP contribution in [-0.4, -0.2) is 8.41 Å². The molecule has 0 atom stereocenters. The maximum Gasteiger partial charge on any atom is -1.00 e. The van der Waals surface area contributed by atoms with Crippen LogP contribution in [0.1, 0.15) is 29.5 Å². The number of benzene rings is 2. The van der Waals surface area contributed by atoms with Gasteiger partial charge in [0.05, 0.1) is 0 Å². The first kappa shape index (κ1) is 22.6. The fourth-order valence-electron chi connectivity index (χ4n) is 4.54. The minimum Gasteiger partial charge on any atom is -1.00 e. The standard InChI is InChI=1S/C25H21Si.2ClH.Zr/c1-26(2)23-16-21-20-14-8-7-13-19(20)15-22(21)24(17-9-3-4-10-17)25(23)18-11-5-6-12-18;;;/h3-9,11,13-14,16H,10,12H2,1-2H3;2*1H;/q;;;+2/p-2. The summed E-state index contributed by atoms with van der Waals surface area (Å²) in [6.07, 6.45) is 15.9. The van der Waals surface area contributed by atoms with E-state index in [0.29, 0.717) is 0 Å². The van der Waals surface area contributed by atoms with Crippen molar-refractivity contribution in [1.29, 1.82) is 0 Å². The van der Waals surface area contributed by atoms with Gasteiger partial charge < -0.3 is 24.8 Å². The SMILES string of the molecule is C[Si](C)=c1cc2c(c(C3=CC=CC3)c1C1=CC=CC1)=[C]([Zr+2])c1ccccc1-2.[Cl-].[Cl-]. The van der Waals surface area contributed by atoms with Gasteiger partial charge in [0.1, 0.15) is 0 Å². The molecule has 0 aliphatic heterocycles. The molecule has 143 valence electrons. The maximum atomic E-state index is 2.54. The molecule has 2 aromatic rings. The molecule has 0 bridgehead atoms. The first-order valence-electron chi connectivity index (χ1n) is 9.59. The first-order valence-corrected chi connectivity index (χ1v) is 13.3. The van der Waals surface area contributed by atoms with Gasteiger partial charge in [-0.1, -0.05) is 0 Å². The van der Waals surface area contributed by atoms with Crippen LogP contribution in [0.15, 0.2) is 66.8 Å². The minimum atomic E-state index is -0.587. The van der Waals surface area contributed by atoms with Gasteiger partial charge in [0.15, 0.2) is 0 Å². The summed E-state index contributed by atoms with van der Waals surface area (Å²) in [6, 6.07) is 11.5. The van der Waals surface area contributed by atoms with E-state index in [1.54, 1.807) is 10.4 Å². The second-order valence-electron chi connectivity index (χ2n) is 7.67. The van der Waals surface area contributed by atoms with E-state index in [4.69, 9.17) is 0 Å². The molecule has 5 rings (SSSR count). The Bertz CT molecular complexity index is 1240. The van der Waals surface area contributed by atoms with Crippen LogP contribution >= 0.6 is 0 Å². The van der Waals surface area contributed by atoms with Crippen molar-refractivity contribution in [2.45, 2.75) is 25.9 Å². The fourth-order valence-corrected chi connectivity index (χ4v) is 6.93. The van der Waals surface area contributed by atoms with Crippen molar-refractivity contribution in [3.05, 3.63) is 93.5 Å². The molecule has 0 nitrogen and oxygen atoms in total.